The minimum atomic E-state index is -0.363. The lowest BCUT2D eigenvalue weighted by Crippen LogP contribution is -2.12. The molecular weight excluding hydrogens is 206 g/mol. The Balaban J connectivity index is 0.000000336. The minimum absolute atomic E-state index is 0.363. The molecular formula is C11H19NO2Si. The number of benzene rings is 1. The Morgan fingerprint density at radius 3 is 2.33 bits per heavy atom. The molecule has 1 aromatic rings. The van der Waals surface area contributed by atoms with Gasteiger partial charge in [0, 0.05) is 28.6 Å². The van der Waals surface area contributed by atoms with E-state index < -0.39 is 0 Å². The van der Waals surface area contributed by atoms with Crippen LogP contribution in [0.4, 0.5) is 0 Å². The molecule has 0 fully saturated rings. The van der Waals surface area contributed by atoms with Crippen molar-refractivity contribution in [1.82, 2.24) is 0 Å². The fourth-order valence-corrected chi connectivity index (χ4v) is 1.46. The first-order valence-electron chi connectivity index (χ1n) is 5.06. The molecule has 0 aliphatic rings. The number of amides is 1. The first-order valence-corrected chi connectivity index (χ1v) is 6.48. The lowest BCUT2D eigenvalue weighted by Gasteiger charge is -1.97. The minimum Gasteiger partial charge on any atom is -0.386 e. The van der Waals surface area contributed by atoms with Crippen molar-refractivity contribution in [1.29, 1.82) is 0 Å². The van der Waals surface area contributed by atoms with Gasteiger partial charge < -0.3 is 10.5 Å². The Morgan fingerprint density at radius 1 is 1.47 bits per heavy atom. The molecule has 0 atom stereocenters. The van der Waals surface area contributed by atoms with E-state index in [-0.39, 0.29) is 5.91 Å². The topological polar surface area (TPSA) is 52.3 Å². The highest BCUT2D eigenvalue weighted by Gasteiger charge is 2.00. The number of aryl methyl sites for hydroxylation is 1. The van der Waals surface area contributed by atoms with E-state index in [2.05, 4.69) is 0 Å². The van der Waals surface area contributed by atoms with Crippen LogP contribution in [0, 0.1) is 6.92 Å². The Morgan fingerprint density at radius 2 is 2.07 bits per heavy atom. The third-order valence-corrected chi connectivity index (χ3v) is 2.23. The molecule has 0 aliphatic carbocycles. The number of hydrogen-bond donors (Lipinski definition) is 1. The van der Waals surface area contributed by atoms with Crippen LogP contribution < -0.4 is 5.73 Å². The largest absolute Gasteiger partial charge is 0.386 e. The van der Waals surface area contributed by atoms with Crippen molar-refractivity contribution in [2.24, 2.45) is 5.73 Å². The summed E-state index contributed by atoms with van der Waals surface area (Å²) in [5, 5.41) is 0. The maximum Gasteiger partial charge on any atom is 0.248 e. The molecule has 0 spiro atoms. The van der Waals surface area contributed by atoms with E-state index >= 15 is 0 Å². The quantitative estimate of drug-likeness (QED) is 0.759. The van der Waals surface area contributed by atoms with Crippen LogP contribution in [-0.4, -0.2) is 29.0 Å². The van der Waals surface area contributed by atoms with Crippen molar-refractivity contribution in [2.45, 2.75) is 13.8 Å². The van der Waals surface area contributed by atoms with Crippen molar-refractivity contribution in [2.75, 3.05) is 12.8 Å². The molecule has 15 heavy (non-hydrogen) atoms. The van der Waals surface area contributed by atoms with E-state index in [4.69, 9.17) is 10.5 Å². The molecule has 4 heteroatoms. The molecule has 0 radical (unpaired) electrons. The fourth-order valence-electron chi connectivity index (χ4n) is 1.05. The predicted octanol–water partition coefficient (Wildman–Crippen LogP) is 0.440. The van der Waals surface area contributed by atoms with Gasteiger partial charge in [-0.2, -0.15) is 0 Å². The summed E-state index contributed by atoms with van der Waals surface area (Å²) in [6.07, 6.45) is 0.983. The molecule has 0 saturated carbocycles. The van der Waals surface area contributed by atoms with Crippen molar-refractivity contribution in [3.63, 3.8) is 0 Å². The number of carbonyl (C=O) groups excluding carboxylic acids is 1. The van der Waals surface area contributed by atoms with Crippen LogP contribution in [0.5, 0.6) is 0 Å². The van der Waals surface area contributed by atoms with Gasteiger partial charge in [0.05, 0.1) is 0 Å². The maximum atomic E-state index is 10.6. The second-order valence-electron chi connectivity index (χ2n) is 2.96. The normalized spacial score (nSPS) is 9.20. The van der Waals surface area contributed by atoms with Gasteiger partial charge in [-0.05, 0) is 25.5 Å². The van der Waals surface area contributed by atoms with Crippen molar-refractivity contribution < 1.29 is 9.53 Å². The van der Waals surface area contributed by atoms with Gasteiger partial charge in [-0.15, -0.1) is 0 Å². The van der Waals surface area contributed by atoms with Gasteiger partial charge in [-0.25, -0.2) is 0 Å². The molecule has 0 saturated heterocycles. The van der Waals surface area contributed by atoms with Crippen LogP contribution in [0.15, 0.2) is 24.3 Å². The van der Waals surface area contributed by atoms with E-state index in [1.54, 1.807) is 12.1 Å². The summed E-state index contributed by atoms with van der Waals surface area (Å²) in [7, 11) is 1.18. The molecule has 1 aromatic carbocycles. The van der Waals surface area contributed by atoms with Crippen LogP contribution in [0.1, 0.15) is 22.8 Å². The summed E-state index contributed by atoms with van der Waals surface area (Å²) in [6.45, 7) is 4.75. The average Bonchev–Trinajstić information content (AvgIpc) is 2.20. The second-order valence-corrected chi connectivity index (χ2v) is 3.54. The number of carbonyl (C=O) groups is 1. The monoisotopic (exact) mass is 225 g/mol. The standard InChI is InChI=1S/C8H9NO.C3H10OSi/c1-6-4-2-3-5-7(6)8(9)10;1-2-4-3-5/h2-5H,1H3,(H2,9,10);2-3H2,1,5H3. The summed E-state index contributed by atoms with van der Waals surface area (Å²) in [5.74, 6) is -0.363. The first kappa shape index (κ1) is 13.9. The van der Waals surface area contributed by atoms with Crippen LogP contribution in [0.25, 0.3) is 0 Å². The zero-order valence-corrected chi connectivity index (χ0v) is 11.6. The van der Waals surface area contributed by atoms with Crippen LogP contribution in [0.2, 0.25) is 0 Å². The lowest BCUT2D eigenvalue weighted by molar-refractivity contribution is 0.0999. The van der Waals surface area contributed by atoms with Gasteiger partial charge in [-0.1, -0.05) is 18.2 Å². The summed E-state index contributed by atoms with van der Waals surface area (Å²) in [5.41, 5.74) is 6.60. The van der Waals surface area contributed by atoms with Crippen molar-refractivity contribution in [3.8, 4) is 0 Å². The molecule has 1 rings (SSSR count). The summed E-state index contributed by atoms with van der Waals surface area (Å²) in [4.78, 5) is 10.6. The van der Waals surface area contributed by atoms with E-state index in [0.29, 0.717) is 5.56 Å². The zero-order chi connectivity index (χ0) is 11.7. The van der Waals surface area contributed by atoms with E-state index in [1.165, 1.54) is 10.2 Å². The summed E-state index contributed by atoms with van der Waals surface area (Å²) >= 11 is 0. The Hall–Kier alpha value is -1.13. The number of hydrogen-bond acceptors (Lipinski definition) is 2. The molecule has 0 unspecified atom stereocenters. The van der Waals surface area contributed by atoms with E-state index in [9.17, 15) is 4.79 Å². The van der Waals surface area contributed by atoms with Gasteiger partial charge in [0.25, 0.3) is 0 Å². The van der Waals surface area contributed by atoms with E-state index in [0.717, 1.165) is 18.4 Å². The van der Waals surface area contributed by atoms with Gasteiger partial charge in [0.15, 0.2) is 0 Å². The maximum absolute atomic E-state index is 10.6. The Labute approximate surface area is 94.0 Å². The van der Waals surface area contributed by atoms with Crippen LogP contribution >= 0.6 is 0 Å². The van der Waals surface area contributed by atoms with Gasteiger partial charge in [0.2, 0.25) is 5.91 Å². The van der Waals surface area contributed by atoms with Gasteiger partial charge >= 0.3 is 0 Å². The number of rotatable bonds is 3. The smallest absolute Gasteiger partial charge is 0.248 e. The lowest BCUT2D eigenvalue weighted by atomic mass is 10.1. The van der Waals surface area contributed by atoms with Gasteiger partial charge in [0.1, 0.15) is 0 Å². The molecule has 84 valence electrons. The zero-order valence-electron chi connectivity index (χ0n) is 9.62. The second kappa shape index (κ2) is 8.20. The fraction of sp³-hybridized carbons (Fsp3) is 0.364. The summed E-state index contributed by atoms with van der Waals surface area (Å²) < 4.78 is 4.90. The molecule has 3 nitrogen and oxygen atoms in total. The first-order chi connectivity index (χ1) is 7.13. The number of nitrogens with two attached hydrogens (primary N) is 1. The third-order valence-electron chi connectivity index (χ3n) is 1.82. The molecule has 0 aromatic heterocycles. The highest BCUT2D eigenvalue weighted by molar-refractivity contribution is 6.08. The Bertz CT molecular complexity index is 300. The highest BCUT2D eigenvalue weighted by Crippen LogP contribution is 2.04. The number of ether oxygens (including phenoxy) is 1. The average molecular weight is 225 g/mol. The molecule has 2 N–H and O–H groups in total. The van der Waals surface area contributed by atoms with Crippen molar-refractivity contribution >= 4 is 16.1 Å². The van der Waals surface area contributed by atoms with Gasteiger partial charge in [-0.3, -0.25) is 4.79 Å². The molecule has 0 heterocycles. The van der Waals surface area contributed by atoms with Crippen molar-refractivity contribution in [3.05, 3.63) is 35.4 Å². The molecule has 0 aliphatic heterocycles. The summed E-state index contributed by atoms with van der Waals surface area (Å²) in [6, 6.07) is 7.26. The SMILES string of the molecule is CCOC[SiH3].Cc1ccccc1C(N)=O. The molecule has 0 bridgehead atoms. The Kier molecular flexibility index (Phi) is 7.58. The van der Waals surface area contributed by atoms with Crippen LogP contribution in [-0.2, 0) is 4.74 Å². The van der Waals surface area contributed by atoms with E-state index in [1.807, 2.05) is 26.0 Å². The highest BCUT2D eigenvalue weighted by atomic mass is 28.1. The number of primary amides is 1. The third kappa shape index (κ3) is 6.04. The van der Waals surface area contributed by atoms with Crippen LogP contribution in [0.3, 0.4) is 0 Å². The molecule has 1 amide bonds. The predicted molar refractivity (Wildman–Crippen MR) is 66.1 cm³/mol.